The predicted octanol–water partition coefficient (Wildman–Crippen LogP) is 3.28. The van der Waals surface area contributed by atoms with Crippen molar-refractivity contribution in [3.8, 4) is 17.0 Å². The number of benzene rings is 1. The summed E-state index contributed by atoms with van der Waals surface area (Å²) in [5.74, 6) is 0.0678. The Morgan fingerprint density at radius 2 is 2.07 bits per heavy atom. The fraction of sp³-hybridized carbons (Fsp3) is 0.333. The lowest BCUT2D eigenvalue weighted by molar-refractivity contribution is -0.137. The molecular formula is C18H18F3N5O. The highest BCUT2D eigenvalue weighted by Gasteiger charge is 2.31. The van der Waals surface area contributed by atoms with E-state index in [1.807, 2.05) is 0 Å². The van der Waals surface area contributed by atoms with Crippen molar-refractivity contribution in [3.05, 3.63) is 42.1 Å². The van der Waals surface area contributed by atoms with Gasteiger partial charge in [-0.15, -0.1) is 10.2 Å². The first-order valence-corrected chi connectivity index (χ1v) is 8.65. The molecule has 0 radical (unpaired) electrons. The quantitative estimate of drug-likeness (QED) is 0.653. The minimum atomic E-state index is -4.52. The van der Waals surface area contributed by atoms with Crippen LogP contribution in [0.5, 0.6) is 5.75 Å². The summed E-state index contributed by atoms with van der Waals surface area (Å²) in [4.78, 5) is 0. The van der Waals surface area contributed by atoms with Crippen LogP contribution < -0.4 is 10.6 Å². The minimum absolute atomic E-state index is 0.199. The summed E-state index contributed by atoms with van der Waals surface area (Å²) >= 11 is 0. The van der Waals surface area contributed by atoms with Crippen molar-refractivity contribution >= 4 is 11.5 Å². The van der Waals surface area contributed by atoms with Crippen LogP contribution in [0.3, 0.4) is 0 Å². The van der Waals surface area contributed by atoms with Crippen LogP contribution in [0, 0.1) is 0 Å². The smallest absolute Gasteiger partial charge is 0.416 e. The van der Waals surface area contributed by atoms with E-state index in [-0.39, 0.29) is 11.6 Å². The molecule has 6 nitrogen and oxygen atoms in total. The molecule has 1 aliphatic heterocycles. The number of phenolic OH excluding ortho intramolecular Hbond substituents is 1. The zero-order valence-corrected chi connectivity index (χ0v) is 14.3. The molecule has 1 aromatic carbocycles. The van der Waals surface area contributed by atoms with E-state index in [4.69, 9.17) is 0 Å². The average molecular weight is 377 g/mol. The molecule has 1 aliphatic rings. The fourth-order valence-corrected chi connectivity index (χ4v) is 3.31. The van der Waals surface area contributed by atoms with Crippen LogP contribution in [0.15, 0.2) is 36.5 Å². The number of halogens is 3. The number of hydrogen-bond acceptors (Lipinski definition) is 5. The van der Waals surface area contributed by atoms with Gasteiger partial charge < -0.3 is 15.7 Å². The first kappa shape index (κ1) is 17.6. The van der Waals surface area contributed by atoms with Crippen LogP contribution in [0.25, 0.3) is 16.8 Å². The number of phenols is 1. The molecule has 0 unspecified atom stereocenters. The predicted molar refractivity (Wildman–Crippen MR) is 94.6 cm³/mol. The summed E-state index contributed by atoms with van der Waals surface area (Å²) in [5.41, 5.74) is 0.251. The molecule has 0 spiro atoms. The number of nitrogens with zero attached hydrogens (tertiary/aromatic N) is 3. The van der Waals surface area contributed by atoms with E-state index in [0.29, 0.717) is 23.2 Å². The zero-order valence-electron chi connectivity index (χ0n) is 14.3. The Bertz CT molecular complexity index is 963. The largest absolute Gasteiger partial charge is 0.507 e. The van der Waals surface area contributed by atoms with E-state index < -0.39 is 17.5 Å². The summed E-state index contributed by atoms with van der Waals surface area (Å²) in [6.45, 7) is 1.82. The molecule has 0 saturated carbocycles. The second kappa shape index (κ2) is 6.73. The Hall–Kier alpha value is -2.81. The second-order valence-electron chi connectivity index (χ2n) is 6.55. The number of aromatic nitrogens is 3. The molecule has 1 saturated heterocycles. The Kier molecular flexibility index (Phi) is 4.39. The summed E-state index contributed by atoms with van der Waals surface area (Å²) < 4.78 is 40.3. The lowest BCUT2D eigenvalue weighted by Crippen LogP contribution is -2.39. The molecule has 0 aliphatic carbocycles. The first-order valence-electron chi connectivity index (χ1n) is 8.65. The van der Waals surface area contributed by atoms with E-state index in [2.05, 4.69) is 20.8 Å². The van der Waals surface area contributed by atoms with Crippen LogP contribution in [0.4, 0.5) is 19.1 Å². The number of nitrogens with one attached hydrogen (secondary N) is 2. The van der Waals surface area contributed by atoms with Crippen molar-refractivity contribution in [3.63, 3.8) is 0 Å². The number of alkyl halides is 3. The molecule has 0 bridgehead atoms. The van der Waals surface area contributed by atoms with Gasteiger partial charge in [0.15, 0.2) is 0 Å². The molecule has 3 aromatic rings. The summed E-state index contributed by atoms with van der Waals surface area (Å²) in [5, 5.41) is 25.2. The molecule has 3 N–H and O–H groups in total. The van der Waals surface area contributed by atoms with Crippen LogP contribution in [0.1, 0.15) is 18.4 Å². The van der Waals surface area contributed by atoms with Gasteiger partial charge in [0, 0.05) is 24.3 Å². The number of aromatic hydroxyl groups is 1. The Morgan fingerprint density at radius 1 is 1.22 bits per heavy atom. The lowest BCUT2D eigenvalue weighted by atomic mass is 10.1. The van der Waals surface area contributed by atoms with Crippen molar-refractivity contribution in [2.24, 2.45) is 0 Å². The third-order valence-corrected chi connectivity index (χ3v) is 4.67. The molecule has 27 heavy (non-hydrogen) atoms. The Morgan fingerprint density at radius 3 is 2.78 bits per heavy atom. The van der Waals surface area contributed by atoms with Gasteiger partial charge >= 0.3 is 6.18 Å². The maximum Gasteiger partial charge on any atom is 0.416 e. The van der Waals surface area contributed by atoms with Gasteiger partial charge in [0.25, 0.3) is 0 Å². The number of fused-ring (bicyclic) bond motifs is 1. The topological polar surface area (TPSA) is 74.5 Å². The van der Waals surface area contributed by atoms with Crippen molar-refractivity contribution in [1.29, 1.82) is 0 Å². The molecule has 1 fully saturated rings. The number of rotatable bonds is 3. The van der Waals surface area contributed by atoms with E-state index in [9.17, 15) is 18.3 Å². The van der Waals surface area contributed by atoms with Crippen molar-refractivity contribution in [1.82, 2.24) is 19.9 Å². The molecule has 4 rings (SSSR count). The van der Waals surface area contributed by atoms with E-state index in [0.717, 1.165) is 32.0 Å². The van der Waals surface area contributed by atoms with Gasteiger partial charge in [0.05, 0.1) is 11.1 Å². The third-order valence-electron chi connectivity index (χ3n) is 4.67. The zero-order chi connectivity index (χ0) is 19.0. The monoisotopic (exact) mass is 377 g/mol. The highest BCUT2D eigenvalue weighted by molar-refractivity contribution is 5.81. The summed E-state index contributed by atoms with van der Waals surface area (Å²) in [6, 6.07) is 6.66. The molecule has 142 valence electrons. The van der Waals surface area contributed by atoms with Crippen molar-refractivity contribution in [2.45, 2.75) is 25.1 Å². The molecule has 2 aromatic heterocycles. The van der Waals surface area contributed by atoms with Crippen LogP contribution >= 0.6 is 0 Å². The van der Waals surface area contributed by atoms with Crippen LogP contribution in [-0.4, -0.2) is 38.8 Å². The number of hydrogen-bond donors (Lipinski definition) is 3. The Balaban J connectivity index is 1.71. The minimum Gasteiger partial charge on any atom is -0.507 e. The van der Waals surface area contributed by atoms with Crippen molar-refractivity contribution in [2.75, 3.05) is 18.4 Å². The SMILES string of the molecule is Oc1cc(C(F)(F)F)ccc1-c1nnc(N[C@@H]2CCCNC2)n2cccc12. The van der Waals surface area contributed by atoms with Gasteiger partial charge in [-0.05, 0) is 49.7 Å². The van der Waals surface area contributed by atoms with Gasteiger partial charge in [0.2, 0.25) is 5.95 Å². The highest BCUT2D eigenvalue weighted by Crippen LogP contribution is 2.37. The normalized spacial score (nSPS) is 18.0. The Labute approximate surface area is 153 Å². The molecular weight excluding hydrogens is 359 g/mol. The maximum absolute atomic E-state index is 12.8. The van der Waals surface area contributed by atoms with Gasteiger partial charge in [-0.3, -0.25) is 4.40 Å². The van der Waals surface area contributed by atoms with Crippen molar-refractivity contribution < 1.29 is 18.3 Å². The van der Waals surface area contributed by atoms with Gasteiger partial charge in [-0.25, -0.2) is 0 Å². The highest BCUT2D eigenvalue weighted by atomic mass is 19.4. The van der Waals surface area contributed by atoms with E-state index >= 15 is 0 Å². The third kappa shape index (κ3) is 3.42. The first-order chi connectivity index (χ1) is 12.9. The summed E-state index contributed by atoms with van der Waals surface area (Å²) in [7, 11) is 0. The average Bonchev–Trinajstić information content (AvgIpc) is 3.13. The van der Waals surface area contributed by atoms with Gasteiger partial charge in [0.1, 0.15) is 11.4 Å². The molecule has 0 amide bonds. The fourth-order valence-electron chi connectivity index (χ4n) is 3.31. The lowest BCUT2D eigenvalue weighted by Gasteiger charge is -2.24. The van der Waals surface area contributed by atoms with Gasteiger partial charge in [-0.2, -0.15) is 13.2 Å². The maximum atomic E-state index is 12.8. The van der Waals surface area contributed by atoms with Crippen LogP contribution in [0.2, 0.25) is 0 Å². The molecule has 1 atom stereocenters. The van der Waals surface area contributed by atoms with Crippen LogP contribution in [-0.2, 0) is 6.18 Å². The molecule has 3 heterocycles. The standard InChI is InChI=1S/C18H18F3N5O/c19-18(20,21)11-5-6-13(15(27)9-11)16-14-4-2-8-26(14)17(25-24-16)23-12-3-1-7-22-10-12/h2,4-6,8-9,12,22,27H,1,3,7,10H2,(H,23,25)/t12-/m1/s1. The number of anilines is 1. The van der Waals surface area contributed by atoms with Gasteiger partial charge in [-0.1, -0.05) is 0 Å². The van der Waals surface area contributed by atoms with E-state index in [1.165, 1.54) is 6.07 Å². The molecule has 9 heteroatoms. The summed E-state index contributed by atoms with van der Waals surface area (Å²) in [6.07, 6.45) is -0.641. The van der Waals surface area contributed by atoms with E-state index in [1.54, 1.807) is 22.7 Å². The second-order valence-corrected chi connectivity index (χ2v) is 6.55. The number of piperidine rings is 1.